The van der Waals surface area contributed by atoms with Gasteiger partial charge in [0.15, 0.2) is 0 Å². The number of allylic oxidation sites excluding steroid dienone is 3. The number of hydrogen-bond donors (Lipinski definition) is 1. The normalized spacial score (nSPS) is 24.8. The summed E-state index contributed by atoms with van der Waals surface area (Å²) in [6.45, 7) is 10.3. The van der Waals surface area contributed by atoms with E-state index >= 15 is 0 Å². The van der Waals surface area contributed by atoms with Crippen molar-refractivity contribution in [1.29, 1.82) is 0 Å². The molecule has 0 heterocycles. The highest BCUT2D eigenvalue weighted by atomic mass is 16.7. The van der Waals surface area contributed by atoms with Crippen LogP contribution >= 0.6 is 0 Å². The average Bonchev–Trinajstić information content (AvgIpc) is 3.35. The zero-order valence-corrected chi connectivity index (χ0v) is 27.3. The summed E-state index contributed by atoms with van der Waals surface area (Å²) in [5, 5.41) is 11.4. The number of ether oxygens (including phenoxy) is 3. The standard InChI is InChI=1S/C39H50O6/c1-5-6-8-11-27-22-35(40)37(33-18-26(4)14-17-32(33)25(2)3)36(23-27)45-39(42)43-24-34(30-12-9-7-10-13-30)38(41)44-31-20-28-15-16-29(19-28)21-31/h7,9-10,12-13,18,22-23,28-29,31-34,40H,2,5-6,8,11,14-17,19-21,24H2,1,3-4H3. The molecule has 0 aliphatic heterocycles. The Morgan fingerprint density at radius 3 is 2.44 bits per heavy atom. The summed E-state index contributed by atoms with van der Waals surface area (Å²) < 4.78 is 17.6. The molecule has 0 amide bonds. The third-order valence-corrected chi connectivity index (χ3v) is 10.1. The fourth-order valence-electron chi connectivity index (χ4n) is 7.76. The number of aryl methyl sites for hydroxylation is 1. The molecule has 2 bridgehead atoms. The van der Waals surface area contributed by atoms with Crippen LogP contribution in [0, 0.1) is 17.8 Å². The molecule has 0 aromatic heterocycles. The van der Waals surface area contributed by atoms with Crippen LogP contribution < -0.4 is 4.74 Å². The smallest absolute Gasteiger partial charge is 0.507 e. The Kier molecular flexibility index (Phi) is 11.1. The molecule has 2 aromatic rings. The number of phenolic OH excluding ortho intramolecular Hbond substituents is 1. The molecular formula is C39H50O6. The molecule has 2 saturated carbocycles. The molecule has 0 radical (unpaired) electrons. The Hall–Kier alpha value is -3.54. The Bertz CT molecular complexity index is 1370. The number of rotatable bonds is 12. The molecule has 1 N–H and O–H groups in total. The van der Waals surface area contributed by atoms with E-state index in [4.69, 9.17) is 14.2 Å². The van der Waals surface area contributed by atoms with Gasteiger partial charge in [0.2, 0.25) is 0 Å². The SMILES string of the molecule is C=C(C)C1CCC(C)=CC1c1c(O)cc(CCCCC)cc1OC(=O)OCC(C(=O)OC1CC2CCC(C2)C1)c1ccccc1. The summed E-state index contributed by atoms with van der Waals surface area (Å²) in [6, 6.07) is 13.0. The lowest BCUT2D eigenvalue weighted by Crippen LogP contribution is -2.31. The molecule has 5 unspecified atom stereocenters. The lowest BCUT2D eigenvalue weighted by molar-refractivity contribution is -0.154. The second-order valence-corrected chi connectivity index (χ2v) is 13.7. The number of phenols is 1. The number of hydrogen-bond acceptors (Lipinski definition) is 6. The van der Waals surface area contributed by atoms with Gasteiger partial charge in [0, 0.05) is 11.5 Å². The topological polar surface area (TPSA) is 82.1 Å². The van der Waals surface area contributed by atoms with Crippen LogP contribution in [-0.4, -0.2) is 29.9 Å². The highest BCUT2D eigenvalue weighted by molar-refractivity contribution is 5.79. The predicted octanol–water partition coefficient (Wildman–Crippen LogP) is 9.56. The van der Waals surface area contributed by atoms with Crippen molar-refractivity contribution < 1.29 is 28.9 Å². The molecule has 3 aliphatic carbocycles. The van der Waals surface area contributed by atoms with E-state index in [1.165, 1.54) is 24.8 Å². The minimum Gasteiger partial charge on any atom is -0.507 e. The Morgan fingerprint density at radius 1 is 1.02 bits per heavy atom. The van der Waals surface area contributed by atoms with E-state index in [0.717, 1.165) is 68.1 Å². The Morgan fingerprint density at radius 2 is 1.76 bits per heavy atom. The molecule has 0 saturated heterocycles. The number of esters is 1. The Balaban J connectivity index is 1.35. The van der Waals surface area contributed by atoms with Gasteiger partial charge in [-0.3, -0.25) is 4.79 Å². The van der Waals surface area contributed by atoms with Gasteiger partial charge < -0.3 is 19.3 Å². The van der Waals surface area contributed by atoms with E-state index in [2.05, 4.69) is 26.5 Å². The fraction of sp³-hybridized carbons (Fsp3) is 0.538. The first-order chi connectivity index (χ1) is 21.7. The molecule has 3 aliphatic rings. The molecule has 5 atom stereocenters. The fourth-order valence-corrected chi connectivity index (χ4v) is 7.76. The van der Waals surface area contributed by atoms with Crippen molar-refractivity contribution in [2.75, 3.05) is 6.61 Å². The van der Waals surface area contributed by atoms with Crippen LogP contribution in [0.15, 0.2) is 66.3 Å². The molecule has 2 fully saturated rings. The second kappa shape index (κ2) is 15.2. The van der Waals surface area contributed by atoms with E-state index in [1.54, 1.807) is 6.07 Å². The van der Waals surface area contributed by atoms with Gasteiger partial charge in [-0.15, -0.1) is 0 Å². The minimum atomic E-state index is -0.908. The largest absolute Gasteiger partial charge is 0.513 e. The minimum absolute atomic E-state index is 0.0869. The van der Waals surface area contributed by atoms with E-state index in [9.17, 15) is 14.7 Å². The van der Waals surface area contributed by atoms with Crippen molar-refractivity contribution in [3.05, 3.63) is 83.0 Å². The maximum atomic E-state index is 13.5. The van der Waals surface area contributed by atoms with Crippen molar-refractivity contribution in [1.82, 2.24) is 0 Å². The van der Waals surface area contributed by atoms with Crippen LogP contribution in [0.25, 0.3) is 0 Å². The van der Waals surface area contributed by atoms with Crippen LogP contribution in [0.2, 0.25) is 0 Å². The van der Waals surface area contributed by atoms with Crippen molar-refractivity contribution in [2.45, 2.75) is 109 Å². The van der Waals surface area contributed by atoms with E-state index in [1.807, 2.05) is 43.3 Å². The van der Waals surface area contributed by atoms with Crippen molar-refractivity contribution >= 4 is 12.1 Å². The highest BCUT2D eigenvalue weighted by Crippen LogP contribution is 2.47. The lowest BCUT2D eigenvalue weighted by Gasteiger charge is -2.32. The van der Waals surface area contributed by atoms with Crippen molar-refractivity contribution in [3.63, 3.8) is 0 Å². The first-order valence-electron chi connectivity index (χ1n) is 17.0. The van der Waals surface area contributed by atoms with Crippen LogP contribution in [0.3, 0.4) is 0 Å². The number of unbranched alkanes of at least 4 members (excludes halogenated alkanes) is 2. The van der Waals surface area contributed by atoms with Gasteiger partial charge in [0.25, 0.3) is 0 Å². The van der Waals surface area contributed by atoms with Gasteiger partial charge in [0.1, 0.15) is 30.1 Å². The molecule has 45 heavy (non-hydrogen) atoms. The quantitative estimate of drug-likeness (QED) is 0.111. The van der Waals surface area contributed by atoms with Crippen LogP contribution in [0.1, 0.15) is 114 Å². The lowest BCUT2D eigenvalue weighted by atomic mass is 9.73. The molecule has 6 nitrogen and oxygen atoms in total. The third-order valence-electron chi connectivity index (χ3n) is 10.1. The summed E-state index contributed by atoms with van der Waals surface area (Å²) in [5.41, 5.74) is 4.47. The summed E-state index contributed by atoms with van der Waals surface area (Å²) in [5.74, 6) is 0.480. The number of carbonyl (C=O) groups excluding carboxylic acids is 2. The summed E-state index contributed by atoms with van der Waals surface area (Å²) in [6.07, 6.45) is 12.4. The van der Waals surface area contributed by atoms with Crippen LogP contribution in [0.4, 0.5) is 4.79 Å². The highest BCUT2D eigenvalue weighted by Gasteiger charge is 2.37. The van der Waals surface area contributed by atoms with Gasteiger partial charge in [0.05, 0.1) is 0 Å². The molecule has 5 rings (SSSR count). The first-order valence-corrected chi connectivity index (χ1v) is 17.0. The van der Waals surface area contributed by atoms with E-state index in [-0.39, 0.29) is 36.3 Å². The molecule has 242 valence electrons. The Labute approximate surface area is 268 Å². The van der Waals surface area contributed by atoms with Crippen molar-refractivity contribution in [2.24, 2.45) is 17.8 Å². The van der Waals surface area contributed by atoms with Gasteiger partial charge in [-0.2, -0.15) is 0 Å². The van der Waals surface area contributed by atoms with Gasteiger partial charge in [-0.05, 0) is 99.8 Å². The third kappa shape index (κ3) is 8.39. The van der Waals surface area contributed by atoms with Crippen LogP contribution in [0.5, 0.6) is 11.5 Å². The summed E-state index contributed by atoms with van der Waals surface area (Å²) >= 11 is 0. The van der Waals surface area contributed by atoms with Gasteiger partial charge >= 0.3 is 12.1 Å². The monoisotopic (exact) mass is 614 g/mol. The first kappa shape index (κ1) is 32.8. The van der Waals surface area contributed by atoms with E-state index in [0.29, 0.717) is 23.1 Å². The average molecular weight is 615 g/mol. The number of fused-ring (bicyclic) bond motifs is 2. The maximum absolute atomic E-state index is 13.5. The number of carbonyl (C=O) groups is 2. The summed E-state index contributed by atoms with van der Waals surface area (Å²) in [7, 11) is 0. The van der Waals surface area contributed by atoms with Gasteiger partial charge in [-0.1, -0.05) is 86.7 Å². The molecule has 6 heteroatoms. The van der Waals surface area contributed by atoms with Crippen LogP contribution in [-0.2, 0) is 20.7 Å². The van der Waals surface area contributed by atoms with E-state index < -0.39 is 12.1 Å². The maximum Gasteiger partial charge on any atom is 0.513 e. The molecular weight excluding hydrogens is 564 g/mol. The van der Waals surface area contributed by atoms with Gasteiger partial charge in [-0.25, -0.2) is 4.79 Å². The van der Waals surface area contributed by atoms with Crippen molar-refractivity contribution in [3.8, 4) is 11.5 Å². The molecule has 2 aromatic carbocycles. The number of aromatic hydroxyl groups is 1. The zero-order chi connectivity index (χ0) is 31.9. The second-order valence-electron chi connectivity index (χ2n) is 13.7. The number of benzene rings is 2. The predicted molar refractivity (Wildman–Crippen MR) is 176 cm³/mol. The molecule has 0 spiro atoms. The zero-order valence-electron chi connectivity index (χ0n) is 27.3. The summed E-state index contributed by atoms with van der Waals surface area (Å²) in [4.78, 5) is 26.9.